The molecule has 0 aliphatic carbocycles. The molecule has 1 fully saturated rings. The first kappa shape index (κ1) is 20.5. The van der Waals surface area contributed by atoms with Crippen molar-refractivity contribution >= 4 is 15.9 Å². The van der Waals surface area contributed by atoms with E-state index < -0.39 is 10.0 Å². The first-order chi connectivity index (χ1) is 13.1. The number of hydrogen-bond acceptors (Lipinski definition) is 4. The minimum absolute atomic E-state index is 0.0362. The highest BCUT2D eigenvalue weighted by Gasteiger charge is 2.32. The van der Waals surface area contributed by atoms with E-state index in [2.05, 4.69) is 5.10 Å². The van der Waals surface area contributed by atoms with Crippen molar-refractivity contribution in [3.8, 4) is 0 Å². The molecule has 28 heavy (non-hydrogen) atoms. The lowest BCUT2D eigenvalue weighted by atomic mass is 10.1. The Morgan fingerprint density at radius 2 is 1.54 bits per heavy atom. The molecule has 1 aromatic heterocycles. The molecule has 8 heteroatoms. The molecule has 7 nitrogen and oxygen atoms in total. The van der Waals surface area contributed by atoms with Crippen LogP contribution >= 0.6 is 0 Å². The summed E-state index contributed by atoms with van der Waals surface area (Å²) in [7, 11) is -3.57. The summed E-state index contributed by atoms with van der Waals surface area (Å²) in [6.07, 6.45) is 0. The van der Waals surface area contributed by atoms with Gasteiger partial charge < -0.3 is 4.90 Å². The molecule has 0 N–H and O–H groups in total. The summed E-state index contributed by atoms with van der Waals surface area (Å²) in [6.45, 7) is 11.0. The average Bonchev–Trinajstić information content (AvgIpc) is 2.91. The number of amides is 1. The standard InChI is InChI=1S/C20H28N4O3S/c1-14-10-15(2)20(16(3)11-14)28(26,27)23-8-6-22(7-9-23)19(25)13-24-18(5)12-17(4)21-24/h10-12H,6-9,13H2,1-5H3. The Balaban J connectivity index is 1.69. The molecule has 0 unspecified atom stereocenters. The van der Waals surface area contributed by atoms with Crippen molar-refractivity contribution in [3.05, 3.63) is 46.3 Å². The van der Waals surface area contributed by atoms with Crippen LogP contribution in [0, 0.1) is 34.6 Å². The maximum Gasteiger partial charge on any atom is 0.244 e. The van der Waals surface area contributed by atoms with Crippen LogP contribution in [0.2, 0.25) is 0 Å². The maximum atomic E-state index is 13.2. The van der Waals surface area contributed by atoms with Gasteiger partial charge in [0, 0.05) is 31.9 Å². The fourth-order valence-electron chi connectivity index (χ4n) is 3.94. The molecule has 0 radical (unpaired) electrons. The fraction of sp³-hybridized carbons (Fsp3) is 0.500. The zero-order valence-electron chi connectivity index (χ0n) is 17.2. The summed E-state index contributed by atoms with van der Waals surface area (Å²) in [5.41, 5.74) is 4.40. The number of sulfonamides is 1. The molecule has 1 aromatic carbocycles. The highest BCUT2D eigenvalue weighted by atomic mass is 32.2. The van der Waals surface area contributed by atoms with E-state index in [1.54, 1.807) is 9.58 Å². The lowest BCUT2D eigenvalue weighted by Gasteiger charge is -2.34. The van der Waals surface area contributed by atoms with E-state index in [1.165, 1.54) is 4.31 Å². The normalized spacial score (nSPS) is 15.8. The Kier molecular flexibility index (Phi) is 5.63. The molecular formula is C20H28N4O3S. The van der Waals surface area contributed by atoms with Crippen molar-refractivity contribution in [2.45, 2.75) is 46.1 Å². The van der Waals surface area contributed by atoms with E-state index >= 15 is 0 Å². The third kappa shape index (κ3) is 3.98. The molecule has 0 atom stereocenters. The van der Waals surface area contributed by atoms with Crippen LogP contribution in [0.25, 0.3) is 0 Å². The van der Waals surface area contributed by atoms with E-state index in [0.717, 1.165) is 28.1 Å². The largest absolute Gasteiger partial charge is 0.338 e. The average molecular weight is 405 g/mol. The Morgan fingerprint density at radius 3 is 2.04 bits per heavy atom. The fourth-order valence-corrected chi connectivity index (χ4v) is 5.78. The molecular weight excluding hydrogens is 376 g/mol. The van der Waals surface area contributed by atoms with Crippen LogP contribution in [0.3, 0.4) is 0 Å². The SMILES string of the molecule is Cc1cc(C)c(S(=O)(=O)N2CCN(C(=O)Cn3nc(C)cc3C)CC2)c(C)c1. The van der Waals surface area contributed by atoms with Gasteiger partial charge in [-0.25, -0.2) is 8.42 Å². The number of carbonyl (C=O) groups is 1. The van der Waals surface area contributed by atoms with Gasteiger partial charge in [0.05, 0.1) is 10.6 Å². The summed E-state index contributed by atoms with van der Waals surface area (Å²) >= 11 is 0. The highest BCUT2D eigenvalue weighted by molar-refractivity contribution is 7.89. The lowest BCUT2D eigenvalue weighted by Crippen LogP contribution is -2.51. The number of rotatable bonds is 4. The lowest BCUT2D eigenvalue weighted by molar-refractivity contribution is -0.133. The van der Waals surface area contributed by atoms with Crippen LogP contribution in [0.1, 0.15) is 28.1 Å². The zero-order chi connectivity index (χ0) is 20.6. The van der Waals surface area contributed by atoms with E-state index in [0.29, 0.717) is 31.1 Å². The first-order valence-corrected chi connectivity index (χ1v) is 10.9. The van der Waals surface area contributed by atoms with Crippen molar-refractivity contribution < 1.29 is 13.2 Å². The minimum atomic E-state index is -3.57. The van der Waals surface area contributed by atoms with Crippen LogP contribution in [-0.2, 0) is 21.4 Å². The maximum absolute atomic E-state index is 13.2. The van der Waals surface area contributed by atoms with Crippen LogP contribution < -0.4 is 0 Å². The Labute approximate surface area is 167 Å². The Bertz CT molecular complexity index is 979. The van der Waals surface area contributed by atoms with Crippen molar-refractivity contribution in [1.29, 1.82) is 0 Å². The van der Waals surface area contributed by atoms with Crippen molar-refractivity contribution in [2.75, 3.05) is 26.2 Å². The van der Waals surface area contributed by atoms with Crippen molar-refractivity contribution in [1.82, 2.24) is 19.0 Å². The van der Waals surface area contributed by atoms with E-state index in [4.69, 9.17) is 0 Å². The van der Waals surface area contributed by atoms with Gasteiger partial charge in [-0.05, 0) is 51.8 Å². The Morgan fingerprint density at radius 1 is 0.964 bits per heavy atom. The predicted octanol–water partition coefficient (Wildman–Crippen LogP) is 1.96. The second-order valence-corrected chi connectivity index (χ2v) is 9.47. The minimum Gasteiger partial charge on any atom is -0.338 e. The van der Waals surface area contributed by atoms with Gasteiger partial charge in [0.1, 0.15) is 6.54 Å². The first-order valence-electron chi connectivity index (χ1n) is 9.46. The molecule has 0 spiro atoms. The molecule has 1 amide bonds. The van der Waals surface area contributed by atoms with E-state index in [9.17, 15) is 13.2 Å². The predicted molar refractivity (Wildman–Crippen MR) is 108 cm³/mol. The summed E-state index contributed by atoms with van der Waals surface area (Å²) < 4.78 is 29.5. The number of hydrogen-bond donors (Lipinski definition) is 0. The van der Waals surface area contributed by atoms with Gasteiger partial charge in [-0.3, -0.25) is 9.48 Å². The van der Waals surface area contributed by atoms with E-state index in [1.807, 2.05) is 52.8 Å². The zero-order valence-corrected chi connectivity index (χ0v) is 18.0. The number of piperazine rings is 1. The molecule has 3 rings (SSSR count). The molecule has 1 saturated heterocycles. The second-order valence-electron chi connectivity index (χ2n) is 7.60. The number of benzene rings is 1. The summed E-state index contributed by atoms with van der Waals surface area (Å²) in [5.74, 6) is -0.0362. The summed E-state index contributed by atoms with van der Waals surface area (Å²) in [4.78, 5) is 14.7. The van der Waals surface area contributed by atoms with Gasteiger partial charge in [0.15, 0.2) is 0 Å². The van der Waals surface area contributed by atoms with Crippen LogP contribution in [0.4, 0.5) is 0 Å². The molecule has 2 heterocycles. The van der Waals surface area contributed by atoms with Gasteiger partial charge in [-0.1, -0.05) is 17.7 Å². The number of carbonyl (C=O) groups excluding carboxylic acids is 1. The van der Waals surface area contributed by atoms with E-state index in [-0.39, 0.29) is 12.5 Å². The van der Waals surface area contributed by atoms with Crippen LogP contribution in [0.5, 0.6) is 0 Å². The van der Waals surface area contributed by atoms with Gasteiger partial charge in [-0.15, -0.1) is 0 Å². The smallest absolute Gasteiger partial charge is 0.244 e. The van der Waals surface area contributed by atoms with Crippen LogP contribution in [0.15, 0.2) is 23.1 Å². The molecule has 1 aliphatic rings. The third-order valence-electron chi connectivity index (χ3n) is 5.18. The highest BCUT2D eigenvalue weighted by Crippen LogP contribution is 2.26. The van der Waals surface area contributed by atoms with Gasteiger partial charge in [0.25, 0.3) is 0 Å². The Hall–Kier alpha value is -2.19. The molecule has 2 aromatic rings. The second kappa shape index (κ2) is 7.67. The number of nitrogens with zero attached hydrogens (tertiary/aromatic N) is 4. The van der Waals surface area contributed by atoms with Crippen LogP contribution in [-0.4, -0.2) is 59.5 Å². The molecule has 0 saturated carbocycles. The molecule has 0 bridgehead atoms. The molecule has 152 valence electrons. The van der Waals surface area contributed by atoms with Gasteiger partial charge in [-0.2, -0.15) is 9.40 Å². The van der Waals surface area contributed by atoms with Gasteiger partial charge >= 0.3 is 0 Å². The number of aryl methyl sites for hydroxylation is 5. The quantitative estimate of drug-likeness (QED) is 0.781. The monoisotopic (exact) mass is 404 g/mol. The van der Waals surface area contributed by atoms with Crippen molar-refractivity contribution in [2.24, 2.45) is 0 Å². The summed E-state index contributed by atoms with van der Waals surface area (Å²) in [5, 5.41) is 4.33. The van der Waals surface area contributed by atoms with Crippen molar-refractivity contribution in [3.63, 3.8) is 0 Å². The molecule has 1 aliphatic heterocycles. The topological polar surface area (TPSA) is 75.5 Å². The summed E-state index contributed by atoms with van der Waals surface area (Å²) in [6, 6.07) is 5.73. The third-order valence-corrected chi connectivity index (χ3v) is 7.39. The van der Waals surface area contributed by atoms with Gasteiger partial charge in [0.2, 0.25) is 15.9 Å². The number of aromatic nitrogens is 2.